The largest absolute Gasteiger partial charge is 0.309 e. The minimum Gasteiger partial charge on any atom is -0.309 e. The molecule has 0 aliphatic carbocycles. The summed E-state index contributed by atoms with van der Waals surface area (Å²) < 4.78 is 14.6. The molecule has 20 heavy (non-hydrogen) atoms. The topological polar surface area (TPSA) is 12.0 Å². The maximum atomic E-state index is 13.3. The van der Waals surface area contributed by atoms with Gasteiger partial charge in [-0.05, 0) is 59.6 Å². The van der Waals surface area contributed by atoms with Crippen LogP contribution in [0, 0.1) is 12.7 Å². The fourth-order valence-corrected chi connectivity index (χ4v) is 3.63. The molecule has 0 bridgehead atoms. The Morgan fingerprint density at radius 1 is 1.10 bits per heavy atom. The summed E-state index contributed by atoms with van der Waals surface area (Å²) >= 11 is 1.75. The Hall–Kier alpha value is -1.71. The van der Waals surface area contributed by atoms with Crippen molar-refractivity contribution >= 4 is 21.4 Å². The van der Waals surface area contributed by atoms with Crippen molar-refractivity contribution in [2.75, 3.05) is 7.05 Å². The summed E-state index contributed by atoms with van der Waals surface area (Å²) in [7, 11) is 1.94. The lowest BCUT2D eigenvalue weighted by Crippen LogP contribution is -2.18. The molecule has 0 radical (unpaired) electrons. The van der Waals surface area contributed by atoms with Crippen LogP contribution in [-0.2, 0) is 0 Å². The van der Waals surface area contributed by atoms with Gasteiger partial charge < -0.3 is 5.32 Å². The molecule has 1 N–H and O–H groups in total. The minimum absolute atomic E-state index is 0.0814. The number of aryl methyl sites for hydroxylation is 1. The predicted octanol–water partition coefficient (Wildman–Crippen LogP) is 4.66. The van der Waals surface area contributed by atoms with E-state index in [1.807, 2.05) is 20.0 Å². The average Bonchev–Trinajstić information content (AvgIpc) is 2.91. The molecule has 0 spiro atoms. The fourth-order valence-electron chi connectivity index (χ4n) is 2.69. The highest BCUT2D eigenvalue weighted by Gasteiger charge is 2.17. The van der Waals surface area contributed by atoms with Crippen LogP contribution in [0.2, 0.25) is 0 Å². The molecule has 1 atom stereocenters. The molecule has 1 aromatic heterocycles. The van der Waals surface area contributed by atoms with Gasteiger partial charge in [-0.25, -0.2) is 4.39 Å². The maximum absolute atomic E-state index is 13.3. The lowest BCUT2D eigenvalue weighted by atomic mass is 9.94. The Morgan fingerprint density at radius 2 is 1.95 bits per heavy atom. The second-order valence-electron chi connectivity index (χ2n) is 4.91. The molecule has 0 saturated carbocycles. The monoisotopic (exact) mass is 285 g/mol. The second kappa shape index (κ2) is 5.35. The summed E-state index contributed by atoms with van der Waals surface area (Å²) in [6, 6.07) is 13.6. The molecular formula is C17H16FNS. The van der Waals surface area contributed by atoms with E-state index in [4.69, 9.17) is 0 Å². The zero-order chi connectivity index (χ0) is 14.1. The molecule has 3 aromatic rings. The quantitative estimate of drug-likeness (QED) is 0.738. The van der Waals surface area contributed by atoms with Gasteiger partial charge in [-0.2, -0.15) is 0 Å². The van der Waals surface area contributed by atoms with E-state index >= 15 is 0 Å². The number of nitrogens with one attached hydrogen (secondary N) is 1. The van der Waals surface area contributed by atoms with Crippen LogP contribution in [0.25, 0.3) is 10.1 Å². The summed E-state index contributed by atoms with van der Waals surface area (Å²) in [5, 5.41) is 6.73. The summed E-state index contributed by atoms with van der Waals surface area (Å²) in [5.41, 5.74) is 3.34. The Morgan fingerprint density at radius 3 is 2.70 bits per heavy atom. The fraction of sp³-hybridized carbons (Fsp3) is 0.176. The SMILES string of the molecule is CNC(c1ccc(F)cc1C)c1cccc2ccsc12. The van der Waals surface area contributed by atoms with Gasteiger partial charge in [0.15, 0.2) is 0 Å². The average molecular weight is 285 g/mol. The molecule has 3 heteroatoms. The molecule has 1 nitrogen and oxygen atoms in total. The van der Waals surface area contributed by atoms with Gasteiger partial charge in [-0.15, -0.1) is 11.3 Å². The van der Waals surface area contributed by atoms with Crippen molar-refractivity contribution in [3.63, 3.8) is 0 Å². The lowest BCUT2D eigenvalue weighted by Gasteiger charge is -2.20. The Kier molecular flexibility index (Phi) is 3.55. The zero-order valence-corrected chi connectivity index (χ0v) is 12.3. The normalized spacial score (nSPS) is 12.8. The first kappa shape index (κ1) is 13.3. The third-order valence-electron chi connectivity index (χ3n) is 3.65. The number of thiophene rings is 1. The molecule has 0 fully saturated rings. The number of hydrogen-bond donors (Lipinski definition) is 1. The molecule has 0 saturated heterocycles. The third-order valence-corrected chi connectivity index (χ3v) is 4.63. The maximum Gasteiger partial charge on any atom is 0.123 e. The first-order chi connectivity index (χ1) is 9.70. The van der Waals surface area contributed by atoms with Gasteiger partial charge >= 0.3 is 0 Å². The summed E-state index contributed by atoms with van der Waals surface area (Å²) in [4.78, 5) is 0. The molecule has 0 aliphatic rings. The summed E-state index contributed by atoms with van der Waals surface area (Å²) in [5.74, 6) is -0.185. The lowest BCUT2D eigenvalue weighted by molar-refractivity contribution is 0.621. The van der Waals surface area contributed by atoms with Gasteiger partial charge in [0, 0.05) is 4.70 Å². The van der Waals surface area contributed by atoms with E-state index in [1.165, 1.54) is 21.7 Å². The van der Waals surface area contributed by atoms with Gasteiger partial charge in [0.25, 0.3) is 0 Å². The van der Waals surface area contributed by atoms with Crippen LogP contribution in [0.5, 0.6) is 0 Å². The van der Waals surface area contributed by atoms with E-state index in [2.05, 4.69) is 35.0 Å². The van der Waals surface area contributed by atoms with Crippen molar-refractivity contribution in [3.05, 3.63) is 70.4 Å². The highest BCUT2D eigenvalue weighted by atomic mass is 32.1. The first-order valence-corrected chi connectivity index (χ1v) is 7.48. The van der Waals surface area contributed by atoms with E-state index in [9.17, 15) is 4.39 Å². The van der Waals surface area contributed by atoms with E-state index in [1.54, 1.807) is 17.4 Å². The van der Waals surface area contributed by atoms with Crippen LogP contribution in [0.15, 0.2) is 47.8 Å². The molecule has 2 aromatic carbocycles. The van der Waals surface area contributed by atoms with Crippen molar-refractivity contribution < 1.29 is 4.39 Å². The van der Waals surface area contributed by atoms with E-state index in [0.717, 1.165) is 11.1 Å². The van der Waals surface area contributed by atoms with Crippen LogP contribution in [0.1, 0.15) is 22.7 Å². The number of halogens is 1. The first-order valence-electron chi connectivity index (χ1n) is 6.60. The highest BCUT2D eigenvalue weighted by molar-refractivity contribution is 7.17. The Bertz CT molecular complexity index is 748. The van der Waals surface area contributed by atoms with Gasteiger partial charge in [0.1, 0.15) is 5.82 Å². The highest BCUT2D eigenvalue weighted by Crippen LogP contribution is 2.33. The van der Waals surface area contributed by atoms with E-state index in [-0.39, 0.29) is 11.9 Å². The van der Waals surface area contributed by atoms with Crippen molar-refractivity contribution in [1.29, 1.82) is 0 Å². The van der Waals surface area contributed by atoms with Crippen molar-refractivity contribution in [2.24, 2.45) is 0 Å². The van der Waals surface area contributed by atoms with Crippen LogP contribution >= 0.6 is 11.3 Å². The standard InChI is InChI=1S/C17H16FNS/c1-11-10-13(18)6-7-14(11)16(19-2)15-5-3-4-12-8-9-20-17(12)15/h3-10,16,19H,1-2H3. The van der Waals surface area contributed by atoms with Crippen LogP contribution in [0.4, 0.5) is 4.39 Å². The van der Waals surface area contributed by atoms with Gasteiger partial charge in [-0.1, -0.05) is 24.3 Å². The van der Waals surface area contributed by atoms with Gasteiger partial charge in [0.2, 0.25) is 0 Å². The minimum atomic E-state index is -0.185. The summed E-state index contributed by atoms with van der Waals surface area (Å²) in [6.07, 6.45) is 0. The molecule has 1 heterocycles. The van der Waals surface area contributed by atoms with Crippen LogP contribution in [-0.4, -0.2) is 7.05 Å². The van der Waals surface area contributed by atoms with Crippen molar-refractivity contribution in [2.45, 2.75) is 13.0 Å². The second-order valence-corrected chi connectivity index (χ2v) is 5.82. The number of fused-ring (bicyclic) bond motifs is 1. The predicted molar refractivity (Wildman–Crippen MR) is 83.9 cm³/mol. The van der Waals surface area contributed by atoms with Gasteiger partial charge in [-0.3, -0.25) is 0 Å². The van der Waals surface area contributed by atoms with Crippen molar-refractivity contribution in [1.82, 2.24) is 5.32 Å². The molecule has 102 valence electrons. The summed E-state index contributed by atoms with van der Waals surface area (Å²) in [6.45, 7) is 1.96. The number of hydrogen-bond acceptors (Lipinski definition) is 2. The van der Waals surface area contributed by atoms with Gasteiger partial charge in [0.05, 0.1) is 6.04 Å². The van der Waals surface area contributed by atoms with Crippen LogP contribution in [0.3, 0.4) is 0 Å². The molecule has 0 amide bonds. The zero-order valence-electron chi connectivity index (χ0n) is 11.5. The van der Waals surface area contributed by atoms with Crippen LogP contribution < -0.4 is 5.32 Å². The number of benzene rings is 2. The van der Waals surface area contributed by atoms with E-state index in [0.29, 0.717) is 0 Å². The molecule has 0 aliphatic heterocycles. The Labute approximate surface area is 122 Å². The smallest absolute Gasteiger partial charge is 0.123 e. The molecule has 3 rings (SSSR count). The van der Waals surface area contributed by atoms with Crippen molar-refractivity contribution in [3.8, 4) is 0 Å². The molecular weight excluding hydrogens is 269 g/mol. The Balaban J connectivity index is 2.16. The molecule has 1 unspecified atom stereocenters. The van der Waals surface area contributed by atoms with E-state index < -0.39 is 0 Å². The number of rotatable bonds is 3. The third kappa shape index (κ3) is 2.23.